The van der Waals surface area contributed by atoms with Gasteiger partial charge < -0.3 is 14.6 Å². The fourth-order valence-electron chi connectivity index (χ4n) is 3.90. The minimum Gasteiger partial charge on any atom is -0.383 e. The molecule has 2 atom stereocenters. The molecule has 1 saturated heterocycles. The third-order valence-electron chi connectivity index (χ3n) is 5.56. The zero-order valence-corrected chi connectivity index (χ0v) is 19.2. The SMILES string of the molecule is C[C@@H](CC1COC(c2ccc(Br)s2)OC1)[C@](O)(Cn1cncn1)c1ccc(F)cc1F. The Morgan fingerprint density at radius 2 is 2.06 bits per heavy atom. The maximum atomic E-state index is 14.7. The lowest BCUT2D eigenvalue weighted by atomic mass is 9.77. The van der Waals surface area contributed by atoms with Gasteiger partial charge in [0.2, 0.25) is 0 Å². The quantitative estimate of drug-likeness (QED) is 0.497. The van der Waals surface area contributed by atoms with Crippen LogP contribution in [-0.4, -0.2) is 33.1 Å². The zero-order chi connectivity index (χ0) is 22.0. The highest BCUT2D eigenvalue weighted by atomic mass is 79.9. The molecule has 3 heterocycles. The lowest BCUT2D eigenvalue weighted by Crippen LogP contribution is -2.41. The number of aliphatic hydroxyl groups is 1. The van der Waals surface area contributed by atoms with Crippen LogP contribution >= 0.6 is 27.3 Å². The van der Waals surface area contributed by atoms with Crippen LogP contribution in [0, 0.1) is 23.5 Å². The molecule has 4 rings (SSSR count). The zero-order valence-electron chi connectivity index (χ0n) is 16.7. The van der Waals surface area contributed by atoms with E-state index in [-0.39, 0.29) is 18.0 Å². The molecule has 1 aliphatic rings. The van der Waals surface area contributed by atoms with E-state index in [4.69, 9.17) is 9.47 Å². The number of thiophene rings is 1. The van der Waals surface area contributed by atoms with Crippen LogP contribution in [0.1, 0.15) is 30.1 Å². The fourth-order valence-corrected chi connectivity index (χ4v) is 5.32. The highest BCUT2D eigenvalue weighted by molar-refractivity contribution is 9.11. The highest BCUT2D eigenvalue weighted by Gasteiger charge is 2.40. The van der Waals surface area contributed by atoms with E-state index in [1.165, 1.54) is 23.4 Å². The van der Waals surface area contributed by atoms with Gasteiger partial charge in [0.25, 0.3) is 0 Å². The molecule has 1 aromatic carbocycles. The minimum atomic E-state index is -1.62. The summed E-state index contributed by atoms with van der Waals surface area (Å²) in [7, 11) is 0. The van der Waals surface area contributed by atoms with Gasteiger partial charge in [-0.1, -0.05) is 13.0 Å². The van der Waals surface area contributed by atoms with Crippen LogP contribution in [0.2, 0.25) is 0 Å². The second kappa shape index (κ2) is 9.41. The summed E-state index contributed by atoms with van der Waals surface area (Å²) in [4.78, 5) is 4.88. The standard InChI is InChI=1S/C21H22BrF2N3O3S/c1-13(6-14-8-29-20(30-9-14)18-4-5-19(22)31-18)21(28,10-27-12-25-11-26-27)16-3-2-15(23)7-17(16)24/h2-5,7,11-14,20,28H,6,8-10H2,1H3/t13-,14?,20?,21+/m0/s1. The summed E-state index contributed by atoms with van der Waals surface area (Å²) in [5.41, 5.74) is -1.60. The van der Waals surface area contributed by atoms with Gasteiger partial charge in [0.15, 0.2) is 6.29 Å². The summed E-state index contributed by atoms with van der Waals surface area (Å²) in [6.07, 6.45) is 2.91. The third-order valence-corrected chi connectivity index (χ3v) is 7.21. The van der Waals surface area contributed by atoms with Crippen molar-refractivity contribution in [3.8, 4) is 0 Å². The van der Waals surface area contributed by atoms with E-state index in [9.17, 15) is 13.9 Å². The van der Waals surface area contributed by atoms with Crippen LogP contribution in [0.4, 0.5) is 8.78 Å². The Labute approximate surface area is 191 Å². The molecule has 0 saturated carbocycles. The monoisotopic (exact) mass is 513 g/mol. The lowest BCUT2D eigenvalue weighted by molar-refractivity contribution is -0.208. The number of nitrogens with zero attached hydrogens (tertiary/aromatic N) is 3. The molecule has 2 aromatic heterocycles. The van der Waals surface area contributed by atoms with Crippen molar-refractivity contribution in [2.24, 2.45) is 11.8 Å². The van der Waals surface area contributed by atoms with Crippen molar-refractivity contribution < 1.29 is 23.4 Å². The molecule has 0 aliphatic carbocycles. The predicted octanol–water partition coefficient (Wildman–Crippen LogP) is 4.66. The van der Waals surface area contributed by atoms with Gasteiger partial charge in [-0.15, -0.1) is 11.3 Å². The van der Waals surface area contributed by atoms with E-state index in [1.54, 1.807) is 11.3 Å². The van der Waals surface area contributed by atoms with Crippen LogP contribution in [0.25, 0.3) is 0 Å². The highest BCUT2D eigenvalue weighted by Crippen LogP contribution is 2.39. The van der Waals surface area contributed by atoms with Crippen molar-refractivity contribution in [1.29, 1.82) is 0 Å². The molecule has 1 fully saturated rings. The minimum absolute atomic E-state index is 0.0143. The Morgan fingerprint density at radius 3 is 2.68 bits per heavy atom. The number of aromatic nitrogens is 3. The van der Waals surface area contributed by atoms with Gasteiger partial charge in [-0.3, -0.25) is 0 Å². The van der Waals surface area contributed by atoms with Crippen LogP contribution in [-0.2, 0) is 21.6 Å². The molecule has 31 heavy (non-hydrogen) atoms. The maximum absolute atomic E-state index is 14.7. The number of rotatable bonds is 7. The summed E-state index contributed by atoms with van der Waals surface area (Å²) in [5, 5.41) is 15.7. The average molecular weight is 514 g/mol. The fraction of sp³-hybridized carbons (Fsp3) is 0.429. The van der Waals surface area contributed by atoms with Crippen molar-refractivity contribution in [2.75, 3.05) is 13.2 Å². The number of hydrogen-bond donors (Lipinski definition) is 1. The molecule has 1 N–H and O–H groups in total. The van der Waals surface area contributed by atoms with E-state index in [0.717, 1.165) is 20.8 Å². The van der Waals surface area contributed by atoms with Crippen LogP contribution in [0.3, 0.4) is 0 Å². The Balaban J connectivity index is 1.49. The normalized spacial score (nSPS) is 22.2. The summed E-state index contributed by atoms with van der Waals surface area (Å²) in [5.74, 6) is -1.88. The smallest absolute Gasteiger partial charge is 0.193 e. The molecule has 10 heteroatoms. The summed E-state index contributed by atoms with van der Waals surface area (Å²) < 4.78 is 42.4. The first-order valence-electron chi connectivity index (χ1n) is 9.84. The van der Waals surface area contributed by atoms with E-state index in [0.29, 0.717) is 19.6 Å². The Kier molecular flexibility index (Phi) is 6.83. The van der Waals surface area contributed by atoms with Crippen LogP contribution < -0.4 is 0 Å². The molecule has 0 radical (unpaired) electrons. The first kappa shape index (κ1) is 22.5. The topological polar surface area (TPSA) is 69.4 Å². The van der Waals surface area contributed by atoms with Crippen molar-refractivity contribution in [3.63, 3.8) is 0 Å². The second-order valence-electron chi connectivity index (χ2n) is 7.78. The van der Waals surface area contributed by atoms with Gasteiger partial charge in [-0.25, -0.2) is 18.4 Å². The van der Waals surface area contributed by atoms with Gasteiger partial charge in [0.1, 0.15) is 29.9 Å². The number of hydrogen-bond acceptors (Lipinski definition) is 6. The molecule has 0 bridgehead atoms. The average Bonchev–Trinajstić information content (AvgIpc) is 3.40. The Morgan fingerprint density at radius 1 is 1.29 bits per heavy atom. The van der Waals surface area contributed by atoms with Gasteiger partial charge in [0, 0.05) is 17.5 Å². The molecular formula is C21H22BrF2N3O3S. The van der Waals surface area contributed by atoms with Gasteiger partial charge >= 0.3 is 0 Å². The van der Waals surface area contributed by atoms with Crippen molar-refractivity contribution in [3.05, 3.63) is 68.8 Å². The number of halogens is 3. The summed E-state index contributed by atoms with van der Waals surface area (Å²) >= 11 is 4.99. The van der Waals surface area contributed by atoms with Crippen molar-refractivity contribution in [2.45, 2.75) is 31.8 Å². The van der Waals surface area contributed by atoms with E-state index >= 15 is 0 Å². The molecule has 1 aliphatic heterocycles. The van der Waals surface area contributed by atoms with Gasteiger partial charge in [0.05, 0.1) is 28.4 Å². The predicted molar refractivity (Wildman–Crippen MR) is 114 cm³/mol. The molecule has 6 nitrogen and oxygen atoms in total. The molecule has 0 amide bonds. The lowest BCUT2D eigenvalue weighted by Gasteiger charge is -2.38. The molecular weight excluding hydrogens is 492 g/mol. The van der Waals surface area contributed by atoms with Crippen molar-refractivity contribution >= 4 is 27.3 Å². The number of ether oxygens (including phenoxy) is 2. The van der Waals surface area contributed by atoms with E-state index in [2.05, 4.69) is 26.0 Å². The molecule has 0 spiro atoms. The molecule has 0 unspecified atom stereocenters. The Bertz CT molecular complexity index is 1010. The van der Waals surface area contributed by atoms with Crippen LogP contribution in [0.15, 0.2) is 46.8 Å². The molecule has 166 valence electrons. The first-order chi connectivity index (χ1) is 14.8. The van der Waals surface area contributed by atoms with Gasteiger partial charge in [-0.05, 0) is 46.5 Å². The maximum Gasteiger partial charge on any atom is 0.193 e. The third kappa shape index (κ3) is 5.04. The van der Waals surface area contributed by atoms with Gasteiger partial charge in [-0.2, -0.15) is 5.10 Å². The summed E-state index contributed by atoms with van der Waals surface area (Å²) in [6, 6.07) is 7.12. The summed E-state index contributed by atoms with van der Waals surface area (Å²) in [6.45, 7) is 2.73. The van der Waals surface area contributed by atoms with Crippen LogP contribution in [0.5, 0.6) is 0 Å². The second-order valence-corrected chi connectivity index (χ2v) is 10.3. The van der Waals surface area contributed by atoms with E-state index < -0.39 is 29.4 Å². The number of benzene rings is 1. The first-order valence-corrected chi connectivity index (χ1v) is 11.4. The largest absolute Gasteiger partial charge is 0.383 e. The Hall–Kier alpha value is -1.72. The van der Waals surface area contributed by atoms with E-state index in [1.807, 2.05) is 19.1 Å². The molecule has 3 aromatic rings. The van der Waals surface area contributed by atoms with Crippen molar-refractivity contribution in [1.82, 2.24) is 14.8 Å².